The Balaban J connectivity index is 1.78. The van der Waals surface area contributed by atoms with Crippen LogP contribution in [0.15, 0.2) is 66.4 Å². The highest BCUT2D eigenvalue weighted by molar-refractivity contribution is 5.87. The number of hydrogen-bond acceptors (Lipinski definition) is 5. The number of hydrogen-bond donors (Lipinski definition) is 2. The van der Waals surface area contributed by atoms with Crippen LogP contribution in [-0.2, 0) is 27.2 Å². The lowest BCUT2D eigenvalue weighted by Crippen LogP contribution is -2.58. The first-order valence-electron chi connectivity index (χ1n) is 9.71. The van der Waals surface area contributed by atoms with Crippen LogP contribution in [0, 0.1) is 0 Å². The smallest absolute Gasteiger partial charge is 0.332 e. The molecule has 6 nitrogen and oxygen atoms in total. The van der Waals surface area contributed by atoms with Crippen molar-refractivity contribution in [1.82, 2.24) is 10.6 Å². The summed E-state index contributed by atoms with van der Waals surface area (Å²) in [5.41, 5.74) is 2.72. The molecule has 2 atom stereocenters. The first-order valence-corrected chi connectivity index (χ1v) is 9.71. The molecule has 0 bridgehead atoms. The first kappa shape index (κ1) is 20.5. The fourth-order valence-corrected chi connectivity index (χ4v) is 3.32. The molecule has 6 heteroatoms. The molecule has 1 fully saturated rings. The van der Waals surface area contributed by atoms with Crippen molar-refractivity contribution in [3.63, 3.8) is 0 Å². The highest BCUT2D eigenvalue weighted by Crippen LogP contribution is 2.18. The number of carbonyl (C=O) groups is 2. The molecule has 1 amide bonds. The summed E-state index contributed by atoms with van der Waals surface area (Å²) in [6.07, 6.45) is 2.52. The van der Waals surface area contributed by atoms with Crippen LogP contribution >= 0.6 is 0 Å². The Bertz CT molecular complexity index is 862. The minimum atomic E-state index is -0.454. The fraction of sp³-hybridized carbons (Fsp3) is 0.304. The molecule has 2 aromatic carbocycles. The summed E-state index contributed by atoms with van der Waals surface area (Å²) in [4.78, 5) is 24.8. The average Bonchev–Trinajstić information content (AvgIpc) is 2.73. The van der Waals surface area contributed by atoms with Crippen LogP contribution in [0.2, 0.25) is 0 Å². The van der Waals surface area contributed by atoms with E-state index >= 15 is 0 Å². The Morgan fingerprint density at radius 2 is 1.62 bits per heavy atom. The van der Waals surface area contributed by atoms with Gasteiger partial charge in [0.2, 0.25) is 5.91 Å². The molecule has 1 aliphatic rings. The van der Waals surface area contributed by atoms with E-state index in [0.29, 0.717) is 25.1 Å². The van der Waals surface area contributed by atoms with E-state index in [2.05, 4.69) is 10.6 Å². The summed E-state index contributed by atoms with van der Waals surface area (Å²) in [6, 6.07) is 16.6. The number of esters is 1. The van der Waals surface area contributed by atoms with Crippen LogP contribution in [-0.4, -0.2) is 37.7 Å². The predicted molar refractivity (Wildman–Crippen MR) is 110 cm³/mol. The van der Waals surface area contributed by atoms with E-state index in [9.17, 15) is 9.59 Å². The third-order valence-corrected chi connectivity index (χ3v) is 4.79. The van der Waals surface area contributed by atoms with Crippen molar-refractivity contribution in [3.8, 4) is 5.75 Å². The fourth-order valence-electron chi connectivity index (χ4n) is 3.32. The Morgan fingerprint density at radius 1 is 0.966 bits per heavy atom. The molecule has 2 N–H and O–H groups in total. The summed E-state index contributed by atoms with van der Waals surface area (Å²) >= 11 is 0. The molecular weight excluding hydrogens is 368 g/mol. The lowest BCUT2D eigenvalue weighted by molar-refractivity contribution is -0.137. The van der Waals surface area contributed by atoms with Crippen molar-refractivity contribution in [2.24, 2.45) is 0 Å². The van der Waals surface area contributed by atoms with Gasteiger partial charge < -0.3 is 20.1 Å². The number of amides is 1. The molecule has 0 aliphatic carbocycles. The molecule has 0 saturated carbocycles. The standard InChI is InChI=1S/C23H26N2O4/c1-3-29-22(26)15-20-19(13-17-9-11-18(28-2)12-10-17)25-23(27)21(24-20)14-16-7-5-4-6-8-16/h4-12,15,19,21,24H,3,13-14H2,1-2H3,(H,25,27)/b20-15-/t19-,21+/m0/s1. The third-order valence-electron chi connectivity index (χ3n) is 4.79. The summed E-state index contributed by atoms with van der Waals surface area (Å²) in [6.45, 7) is 2.06. The van der Waals surface area contributed by atoms with Gasteiger partial charge in [-0.05, 0) is 36.6 Å². The highest BCUT2D eigenvalue weighted by atomic mass is 16.5. The number of nitrogens with one attached hydrogen (secondary N) is 2. The van der Waals surface area contributed by atoms with Crippen molar-refractivity contribution in [1.29, 1.82) is 0 Å². The minimum Gasteiger partial charge on any atom is -0.497 e. The molecule has 0 unspecified atom stereocenters. The van der Waals surface area contributed by atoms with Gasteiger partial charge in [-0.3, -0.25) is 4.79 Å². The highest BCUT2D eigenvalue weighted by Gasteiger charge is 2.31. The monoisotopic (exact) mass is 394 g/mol. The largest absolute Gasteiger partial charge is 0.497 e. The molecule has 152 valence electrons. The van der Waals surface area contributed by atoms with Gasteiger partial charge in [0.25, 0.3) is 0 Å². The van der Waals surface area contributed by atoms with Crippen LogP contribution in [0.1, 0.15) is 18.1 Å². The molecule has 2 aromatic rings. The van der Waals surface area contributed by atoms with Crippen molar-refractivity contribution < 1.29 is 19.1 Å². The molecule has 0 radical (unpaired) electrons. The van der Waals surface area contributed by atoms with Gasteiger partial charge in [0.15, 0.2) is 0 Å². The maximum absolute atomic E-state index is 12.7. The van der Waals surface area contributed by atoms with Gasteiger partial charge in [0.05, 0.1) is 19.8 Å². The van der Waals surface area contributed by atoms with Gasteiger partial charge in [0, 0.05) is 18.2 Å². The quantitative estimate of drug-likeness (QED) is 0.557. The van der Waals surface area contributed by atoms with Gasteiger partial charge >= 0.3 is 5.97 Å². The number of rotatable bonds is 7. The molecule has 3 rings (SSSR count). The van der Waals surface area contributed by atoms with Crippen LogP contribution < -0.4 is 15.4 Å². The second-order valence-electron chi connectivity index (χ2n) is 6.85. The number of carbonyl (C=O) groups excluding carboxylic acids is 2. The zero-order chi connectivity index (χ0) is 20.6. The van der Waals surface area contributed by atoms with E-state index in [1.54, 1.807) is 14.0 Å². The molecule has 1 aliphatic heterocycles. The lowest BCUT2D eigenvalue weighted by Gasteiger charge is -2.34. The van der Waals surface area contributed by atoms with Crippen molar-refractivity contribution >= 4 is 11.9 Å². The third kappa shape index (κ3) is 5.60. The molecule has 29 heavy (non-hydrogen) atoms. The van der Waals surface area contributed by atoms with Gasteiger partial charge in [-0.1, -0.05) is 42.5 Å². The van der Waals surface area contributed by atoms with Gasteiger partial charge in [-0.15, -0.1) is 0 Å². The zero-order valence-electron chi connectivity index (χ0n) is 16.7. The van der Waals surface area contributed by atoms with E-state index in [-0.39, 0.29) is 11.9 Å². The Labute approximate surface area is 170 Å². The minimum absolute atomic E-state index is 0.0895. The second kappa shape index (κ2) is 9.78. The zero-order valence-corrected chi connectivity index (χ0v) is 16.7. The van der Waals surface area contributed by atoms with Crippen molar-refractivity contribution in [2.75, 3.05) is 13.7 Å². The summed E-state index contributed by atoms with van der Waals surface area (Å²) in [5.74, 6) is 0.252. The van der Waals surface area contributed by atoms with Gasteiger partial charge in [-0.25, -0.2) is 4.79 Å². The normalized spacial score (nSPS) is 19.9. The lowest BCUT2D eigenvalue weighted by atomic mass is 9.96. The van der Waals surface area contributed by atoms with E-state index in [1.807, 2.05) is 54.6 Å². The number of methoxy groups -OCH3 is 1. The average molecular weight is 394 g/mol. The summed E-state index contributed by atoms with van der Waals surface area (Å²) in [7, 11) is 1.62. The van der Waals surface area contributed by atoms with Crippen LogP contribution in [0.5, 0.6) is 5.75 Å². The van der Waals surface area contributed by atoms with Crippen LogP contribution in [0.25, 0.3) is 0 Å². The summed E-state index contributed by atoms with van der Waals surface area (Å²) < 4.78 is 10.3. The van der Waals surface area contributed by atoms with Crippen LogP contribution in [0.4, 0.5) is 0 Å². The second-order valence-corrected chi connectivity index (χ2v) is 6.85. The van der Waals surface area contributed by atoms with E-state index in [4.69, 9.17) is 9.47 Å². The number of benzene rings is 2. The maximum Gasteiger partial charge on any atom is 0.332 e. The van der Waals surface area contributed by atoms with Gasteiger partial charge in [-0.2, -0.15) is 0 Å². The van der Waals surface area contributed by atoms with Crippen LogP contribution in [0.3, 0.4) is 0 Å². The maximum atomic E-state index is 12.7. The van der Waals surface area contributed by atoms with Crippen molar-refractivity contribution in [2.45, 2.75) is 31.8 Å². The molecule has 1 heterocycles. The Morgan fingerprint density at radius 3 is 2.28 bits per heavy atom. The van der Waals surface area contributed by atoms with E-state index < -0.39 is 12.0 Å². The Kier molecular flexibility index (Phi) is 6.89. The van der Waals surface area contributed by atoms with Crippen molar-refractivity contribution in [3.05, 3.63) is 77.5 Å². The van der Waals surface area contributed by atoms with Gasteiger partial charge in [0.1, 0.15) is 11.8 Å². The topological polar surface area (TPSA) is 76.7 Å². The molecular formula is C23H26N2O4. The molecule has 0 spiro atoms. The predicted octanol–water partition coefficient (Wildman–Crippen LogP) is 2.38. The van der Waals surface area contributed by atoms with E-state index in [1.165, 1.54) is 6.08 Å². The number of piperazine rings is 1. The molecule has 0 aromatic heterocycles. The molecule has 1 saturated heterocycles. The number of ether oxygens (including phenoxy) is 2. The summed E-state index contributed by atoms with van der Waals surface area (Å²) in [5, 5.41) is 6.31. The first-order chi connectivity index (χ1) is 14.1. The SMILES string of the molecule is CCOC(=O)/C=C1\N[C@H](Cc2ccccc2)C(=O)N[C@H]1Cc1ccc(OC)cc1. The van der Waals surface area contributed by atoms with E-state index in [0.717, 1.165) is 16.9 Å². The Hall–Kier alpha value is -3.28.